The van der Waals surface area contributed by atoms with Gasteiger partial charge < -0.3 is 19.5 Å². The molecule has 0 aliphatic carbocycles. The predicted octanol–water partition coefficient (Wildman–Crippen LogP) is 4.24. The van der Waals surface area contributed by atoms with Gasteiger partial charge in [-0.25, -0.2) is 9.79 Å². The van der Waals surface area contributed by atoms with Crippen molar-refractivity contribution in [1.29, 1.82) is 0 Å². The molecule has 1 saturated heterocycles. The fourth-order valence-electron chi connectivity index (χ4n) is 3.07. The number of hydrogen-bond acceptors (Lipinski definition) is 7. The minimum Gasteiger partial charge on any atom is -0.493 e. The van der Waals surface area contributed by atoms with Gasteiger partial charge in [0.25, 0.3) is 5.91 Å². The van der Waals surface area contributed by atoms with Crippen LogP contribution >= 0.6 is 11.8 Å². The van der Waals surface area contributed by atoms with Gasteiger partial charge in [-0.1, -0.05) is 6.07 Å². The Kier molecular flexibility index (Phi) is 7.65. The molecular weight excluding hydrogens is 442 g/mol. The molecule has 3 rings (SSSR count). The van der Waals surface area contributed by atoms with Crippen LogP contribution in [0.5, 0.6) is 11.5 Å². The first-order valence-corrected chi connectivity index (χ1v) is 11.2. The Morgan fingerprint density at radius 1 is 1.21 bits per heavy atom. The Bertz CT molecular complexity index is 1100. The summed E-state index contributed by atoms with van der Waals surface area (Å²) in [6.07, 6.45) is 0.749. The lowest BCUT2D eigenvalue weighted by atomic mass is 10.2. The summed E-state index contributed by atoms with van der Waals surface area (Å²) in [5, 5.41) is 9.68. The van der Waals surface area contributed by atoms with Gasteiger partial charge in [-0.05, 0) is 73.6 Å². The summed E-state index contributed by atoms with van der Waals surface area (Å²) in [6.45, 7) is 3.85. The SMILES string of the molecule is CCN1C(=O)/C(=C/c2ccc(O[C@@H](C)C(=O)O)c(OC)c2)SC1=Nc1ccc(N(C)C)cc1. The number of amidine groups is 1. The van der Waals surface area contributed by atoms with Gasteiger partial charge in [-0.3, -0.25) is 9.69 Å². The Morgan fingerprint density at radius 3 is 2.48 bits per heavy atom. The first kappa shape index (κ1) is 24.2. The molecule has 1 heterocycles. The number of carbonyl (C=O) groups is 2. The number of benzene rings is 2. The molecule has 174 valence electrons. The zero-order valence-corrected chi connectivity index (χ0v) is 20.0. The number of likely N-dealkylation sites (N-methyl/N-ethyl adjacent to an activating group) is 1. The minimum absolute atomic E-state index is 0.120. The van der Waals surface area contributed by atoms with Crippen molar-refractivity contribution in [2.24, 2.45) is 4.99 Å². The lowest BCUT2D eigenvalue weighted by Gasteiger charge is -2.14. The van der Waals surface area contributed by atoms with E-state index in [9.17, 15) is 9.59 Å². The van der Waals surface area contributed by atoms with Crippen molar-refractivity contribution in [2.45, 2.75) is 20.0 Å². The number of anilines is 1. The molecule has 9 heteroatoms. The molecule has 2 aromatic rings. The first-order chi connectivity index (χ1) is 15.7. The molecule has 2 aromatic carbocycles. The third kappa shape index (κ3) is 5.67. The first-order valence-electron chi connectivity index (χ1n) is 10.4. The van der Waals surface area contributed by atoms with Gasteiger partial charge in [0.05, 0.1) is 17.7 Å². The zero-order chi connectivity index (χ0) is 24.1. The van der Waals surface area contributed by atoms with Gasteiger partial charge in [0.2, 0.25) is 0 Å². The van der Waals surface area contributed by atoms with Crippen LogP contribution in [-0.2, 0) is 9.59 Å². The van der Waals surface area contributed by atoms with Gasteiger partial charge in [0.1, 0.15) is 0 Å². The van der Waals surface area contributed by atoms with Gasteiger partial charge in [-0.15, -0.1) is 0 Å². The molecule has 1 aliphatic heterocycles. The van der Waals surface area contributed by atoms with Crippen molar-refractivity contribution < 1.29 is 24.2 Å². The van der Waals surface area contributed by atoms with Crippen molar-refractivity contribution in [3.05, 3.63) is 52.9 Å². The Balaban J connectivity index is 1.86. The third-order valence-electron chi connectivity index (χ3n) is 4.93. The molecule has 1 atom stereocenters. The molecule has 1 fully saturated rings. The third-order valence-corrected chi connectivity index (χ3v) is 5.94. The van der Waals surface area contributed by atoms with Crippen LogP contribution in [-0.4, -0.2) is 60.9 Å². The molecule has 0 unspecified atom stereocenters. The van der Waals surface area contributed by atoms with Crippen LogP contribution in [0.15, 0.2) is 52.4 Å². The van der Waals surface area contributed by atoms with Gasteiger partial charge >= 0.3 is 5.97 Å². The van der Waals surface area contributed by atoms with Crippen LogP contribution < -0.4 is 14.4 Å². The smallest absolute Gasteiger partial charge is 0.344 e. The number of rotatable bonds is 8. The van der Waals surface area contributed by atoms with Gasteiger partial charge in [-0.2, -0.15) is 0 Å². The molecule has 0 bridgehead atoms. The number of aliphatic imine (C=N–C) groups is 1. The van der Waals surface area contributed by atoms with Crippen LogP contribution in [0.3, 0.4) is 0 Å². The molecule has 1 amide bonds. The van der Waals surface area contributed by atoms with Crippen LogP contribution in [0, 0.1) is 0 Å². The van der Waals surface area contributed by atoms with E-state index in [1.807, 2.05) is 50.2 Å². The van der Waals surface area contributed by atoms with E-state index in [4.69, 9.17) is 14.6 Å². The van der Waals surface area contributed by atoms with Crippen molar-refractivity contribution in [2.75, 3.05) is 32.6 Å². The van der Waals surface area contributed by atoms with Gasteiger partial charge in [0.15, 0.2) is 22.8 Å². The molecule has 0 saturated carbocycles. The van der Waals surface area contributed by atoms with E-state index in [1.165, 1.54) is 25.8 Å². The fraction of sp³-hybridized carbons (Fsp3) is 0.292. The Morgan fingerprint density at radius 2 is 1.91 bits per heavy atom. The van der Waals surface area contributed by atoms with E-state index in [2.05, 4.69) is 4.99 Å². The highest BCUT2D eigenvalue weighted by molar-refractivity contribution is 8.18. The highest BCUT2D eigenvalue weighted by Gasteiger charge is 2.32. The summed E-state index contributed by atoms with van der Waals surface area (Å²) < 4.78 is 10.8. The average molecular weight is 470 g/mol. The second-order valence-electron chi connectivity index (χ2n) is 7.47. The Hall–Kier alpha value is -3.46. The van der Waals surface area contributed by atoms with E-state index in [0.717, 1.165) is 16.9 Å². The normalized spacial score (nSPS) is 16.9. The van der Waals surface area contributed by atoms with Gasteiger partial charge in [0, 0.05) is 26.3 Å². The van der Waals surface area contributed by atoms with E-state index in [1.54, 1.807) is 29.2 Å². The number of nitrogens with zero attached hydrogens (tertiary/aromatic N) is 3. The number of carboxylic acids is 1. The summed E-state index contributed by atoms with van der Waals surface area (Å²) in [6, 6.07) is 12.9. The number of hydrogen-bond donors (Lipinski definition) is 1. The quantitative estimate of drug-likeness (QED) is 0.578. The fourth-order valence-corrected chi connectivity index (χ4v) is 4.13. The molecule has 0 radical (unpaired) electrons. The number of methoxy groups -OCH3 is 1. The summed E-state index contributed by atoms with van der Waals surface area (Å²) in [7, 11) is 5.43. The van der Waals surface area contributed by atoms with Crippen LogP contribution in [0.25, 0.3) is 6.08 Å². The maximum absolute atomic E-state index is 13.0. The lowest BCUT2D eigenvalue weighted by Crippen LogP contribution is -2.28. The molecule has 33 heavy (non-hydrogen) atoms. The number of amides is 1. The molecule has 1 aliphatic rings. The lowest BCUT2D eigenvalue weighted by molar-refractivity contribution is -0.144. The maximum atomic E-state index is 13.0. The van der Waals surface area contributed by atoms with Crippen molar-refractivity contribution in [1.82, 2.24) is 4.90 Å². The van der Waals surface area contributed by atoms with Crippen LogP contribution in [0.1, 0.15) is 19.4 Å². The van der Waals surface area contributed by atoms with Crippen molar-refractivity contribution in [3.63, 3.8) is 0 Å². The number of carboxylic acid groups (broad SMARTS) is 1. The second-order valence-corrected chi connectivity index (χ2v) is 8.48. The highest BCUT2D eigenvalue weighted by Crippen LogP contribution is 2.36. The topological polar surface area (TPSA) is 91.7 Å². The summed E-state index contributed by atoms with van der Waals surface area (Å²) in [4.78, 5) is 32.9. The highest BCUT2D eigenvalue weighted by atomic mass is 32.2. The number of carbonyl (C=O) groups excluding carboxylic acids is 1. The standard InChI is InChI=1S/C24H27N3O5S/c1-6-27-22(28)21(33-24(27)25-17-8-10-18(11-9-17)26(3)4)14-16-7-12-19(20(13-16)31-5)32-15(2)23(29)30/h7-15H,6H2,1-5H3,(H,29,30)/b21-14-,25-24?/t15-/m0/s1. The predicted molar refractivity (Wildman–Crippen MR) is 132 cm³/mol. The molecule has 1 N–H and O–H groups in total. The molecule has 0 aromatic heterocycles. The van der Waals surface area contributed by atoms with Crippen LogP contribution in [0.4, 0.5) is 11.4 Å². The number of aliphatic carboxylic acids is 1. The van der Waals surface area contributed by atoms with Crippen LogP contribution in [0.2, 0.25) is 0 Å². The Labute approximate surface area is 197 Å². The van der Waals surface area contributed by atoms with Crippen molar-refractivity contribution >= 4 is 46.3 Å². The summed E-state index contributed by atoms with van der Waals surface area (Å²) in [5.41, 5.74) is 2.57. The largest absolute Gasteiger partial charge is 0.493 e. The molecular formula is C24H27N3O5S. The number of thioether (sulfide) groups is 1. The van der Waals surface area contributed by atoms with E-state index >= 15 is 0 Å². The minimum atomic E-state index is -1.07. The number of ether oxygens (including phenoxy) is 2. The monoisotopic (exact) mass is 469 g/mol. The summed E-state index contributed by atoms with van der Waals surface area (Å²) >= 11 is 1.31. The average Bonchev–Trinajstić information content (AvgIpc) is 3.08. The van der Waals surface area contributed by atoms with E-state index < -0.39 is 12.1 Å². The molecule has 8 nitrogen and oxygen atoms in total. The van der Waals surface area contributed by atoms with Crippen molar-refractivity contribution in [3.8, 4) is 11.5 Å². The van der Waals surface area contributed by atoms with E-state index in [0.29, 0.717) is 28.1 Å². The maximum Gasteiger partial charge on any atom is 0.344 e. The summed E-state index contributed by atoms with van der Waals surface area (Å²) in [5.74, 6) is -0.488. The second kappa shape index (κ2) is 10.4. The zero-order valence-electron chi connectivity index (χ0n) is 19.2. The van der Waals surface area contributed by atoms with E-state index in [-0.39, 0.29) is 5.91 Å². The molecule has 0 spiro atoms.